The summed E-state index contributed by atoms with van der Waals surface area (Å²) in [6.45, 7) is 6.03. The SMILES string of the molecule is Cc1ccc2c3c1O[C@H]1c4c(c5c6c7c(cccc7cc5n4C)CC6)C[C@@]4(C)[C@@H](C2)N(C)CC[C@]314. The van der Waals surface area contributed by atoms with Gasteiger partial charge in [0.2, 0.25) is 0 Å². The summed E-state index contributed by atoms with van der Waals surface area (Å²) < 4.78 is 9.73. The van der Waals surface area contributed by atoms with Crippen LogP contribution in [0.15, 0.2) is 36.4 Å². The second-order valence-electron chi connectivity index (χ2n) is 12.4. The largest absolute Gasteiger partial charge is 0.483 e. The van der Waals surface area contributed by atoms with Crippen LogP contribution in [-0.4, -0.2) is 29.1 Å². The van der Waals surface area contributed by atoms with Crippen LogP contribution in [0.25, 0.3) is 21.7 Å². The van der Waals surface area contributed by atoms with E-state index in [-0.39, 0.29) is 16.9 Å². The average molecular weight is 461 g/mol. The molecule has 176 valence electrons. The van der Waals surface area contributed by atoms with Crippen LogP contribution in [0, 0.1) is 12.3 Å². The van der Waals surface area contributed by atoms with Gasteiger partial charge >= 0.3 is 0 Å². The van der Waals surface area contributed by atoms with E-state index in [0.717, 1.165) is 19.4 Å². The minimum absolute atomic E-state index is 0.0686. The molecule has 3 nitrogen and oxygen atoms in total. The molecule has 3 aromatic carbocycles. The molecule has 1 aromatic heterocycles. The summed E-state index contributed by atoms with van der Waals surface area (Å²) in [7, 11) is 4.68. The molecule has 4 atom stereocenters. The summed E-state index contributed by atoms with van der Waals surface area (Å²) in [6.07, 6.45) is 5.94. The molecule has 0 saturated carbocycles. The lowest BCUT2D eigenvalue weighted by molar-refractivity contribution is -0.0912. The van der Waals surface area contributed by atoms with E-state index in [9.17, 15) is 0 Å². The van der Waals surface area contributed by atoms with Crippen molar-refractivity contribution < 1.29 is 4.74 Å². The molecular weight excluding hydrogens is 428 g/mol. The molecule has 1 saturated heterocycles. The molecule has 3 heterocycles. The zero-order chi connectivity index (χ0) is 23.4. The summed E-state index contributed by atoms with van der Waals surface area (Å²) in [6, 6.07) is 14.7. The quantitative estimate of drug-likeness (QED) is 0.323. The third-order valence-electron chi connectivity index (χ3n) is 11.2. The molecule has 1 spiro atoms. The zero-order valence-corrected chi connectivity index (χ0v) is 21.2. The van der Waals surface area contributed by atoms with Crippen LogP contribution in [0.2, 0.25) is 0 Å². The van der Waals surface area contributed by atoms with Crippen LogP contribution in [0.4, 0.5) is 0 Å². The number of benzene rings is 3. The fourth-order valence-electron chi connectivity index (χ4n) is 9.73. The fourth-order valence-corrected chi connectivity index (χ4v) is 9.73. The van der Waals surface area contributed by atoms with Crippen LogP contribution in [-0.2, 0) is 38.1 Å². The predicted molar refractivity (Wildman–Crippen MR) is 141 cm³/mol. The molecule has 3 aliphatic carbocycles. The first kappa shape index (κ1) is 19.4. The molecule has 4 aromatic rings. The predicted octanol–water partition coefficient (Wildman–Crippen LogP) is 5.93. The Morgan fingerprint density at radius 2 is 1.89 bits per heavy atom. The number of likely N-dealkylation sites (N-methyl/N-ethyl adjacent to an activating group) is 1. The number of aryl methyl sites for hydroxylation is 4. The third-order valence-corrected chi connectivity index (χ3v) is 11.2. The molecule has 0 N–H and O–H groups in total. The van der Waals surface area contributed by atoms with E-state index in [1.807, 2.05) is 0 Å². The van der Waals surface area contributed by atoms with E-state index in [1.165, 1.54) is 58.1 Å². The number of hydrogen-bond acceptors (Lipinski definition) is 2. The normalized spacial score (nSPS) is 31.7. The van der Waals surface area contributed by atoms with Gasteiger partial charge in [0.05, 0.1) is 11.1 Å². The maximum atomic E-state index is 7.19. The number of piperidine rings is 1. The number of nitrogens with zero attached hydrogens (tertiary/aromatic N) is 2. The van der Waals surface area contributed by atoms with Crippen LogP contribution in [0.1, 0.15) is 58.5 Å². The van der Waals surface area contributed by atoms with Crippen molar-refractivity contribution in [1.82, 2.24) is 9.47 Å². The Labute approximate surface area is 206 Å². The minimum atomic E-state index is 0.0686. The number of ether oxygens (including phenoxy) is 1. The molecule has 5 aliphatic rings. The Kier molecular flexibility index (Phi) is 3.21. The van der Waals surface area contributed by atoms with Gasteiger partial charge in [0.25, 0.3) is 0 Å². The number of rotatable bonds is 0. The van der Waals surface area contributed by atoms with Gasteiger partial charge in [-0.15, -0.1) is 0 Å². The fraction of sp³-hybridized carbons (Fsp3) is 0.438. The van der Waals surface area contributed by atoms with Gasteiger partial charge in [0.15, 0.2) is 0 Å². The maximum Gasteiger partial charge on any atom is 0.149 e. The van der Waals surface area contributed by atoms with Crippen LogP contribution in [0.3, 0.4) is 0 Å². The summed E-state index contributed by atoms with van der Waals surface area (Å²) in [5.41, 5.74) is 12.3. The average Bonchev–Trinajstić information content (AvgIpc) is 3.50. The summed E-state index contributed by atoms with van der Waals surface area (Å²) >= 11 is 0. The first-order valence-electron chi connectivity index (χ1n) is 13.5. The van der Waals surface area contributed by atoms with Crippen molar-refractivity contribution in [3.05, 3.63) is 75.5 Å². The lowest BCUT2D eigenvalue weighted by Crippen LogP contribution is -2.68. The summed E-state index contributed by atoms with van der Waals surface area (Å²) in [5.74, 6) is 1.21. The van der Waals surface area contributed by atoms with Crippen molar-refractivity contribution in [2.45, 2.75) is 63.5 Å². The van der Waals surface area contributed by atoms with E-state index in [4.69, 9.17) is 4.74 Å². The van der Waals surface area contributed by atoms with Crippen LogP contribution >= 0.6 is 0 Å². The van der Waals surface area contributed by atoms with E-state index >= 15 is 0 Å². The standard InChI is InChI=1S/C32H32N2O/c1-17-8-9-20-15-24-31(2)16-22-26-21-11-10-18-6-5-7-19(25(18)21)14-23(26)34(4)28(22)30-32(31,12-13-33(24)3)27(20)29(17)35-30/h5-9,14,24,30H,10-13,15-16H2,1-4H3/t24-,30+,31+,32+/m1/s1. The van der Waals surface area contributed by atoms with Crippen molar-refractivity contribution in [3.8, 4) is 5.75 Å². The Morgan fingerprint density at radius 3 is 2.77 bits per heavy atom. The zero-order valence-electron chi connectivity index (χ0n) is 21.2. The molecular formula is C32H32N2O. The highest BCUT2D eigenvalue weighted by molar-refractivity contribution is 6.06. The van der Waals surface area contributed by atoms with Gasteiger partial charge in [-0.05, 0) is 97.3 Å². The topological polar surface area (TPSA) is 17.4 Å². The van der Waals surface area contributed by atoms with E-state index in [0.29, 0.717) is 6.04 Å². The van der Waals surface area contributed by atoms with Gasteiger partial charge in [0.1, 0.15) is 11.9 Å². The molecule has 2 bridgehead atoms. The van der Waals surface area contributed by atoms with E-state index in [1.54, 1.807) is 27.6 Å². The first-order chi connectivity index (χ1) is 16.9. The van der Waals surface area contributed by atoms with Crippen molar-refractivity contribution in [2.24, 2.45) is 12.5 Å². The highest BCUT2D eigenvalue weighted by Gasteiger charge is 2.70. The van der Waals surface area contributed by atoms with Crippen molar-refractivity contribution in [1.29, 1.82) is 0 Å². The number of likely N-dealkylation sites (tertiary alicyclic amines) is 1. The van der Waals surface area contributed by atoms with Crippen molar-refractivity contribution >= 4 is 21.7 Å². The molecule has 0 radical (unpaired) electrons. The highest BCUT2D eigenvalue weighted by atomic mass is 16.5. The third kappa shape index (κ3) is 1.88. The summed E-state index contributed by atoms with van der Waals surface area (Å²) in [4.78, 5) is 2.67. The van der Waals surface area contributed by atoms with E-state index < -0.39 is 0 Å². The number of fused-ring (bicyclic) bond motifs is 5. The molecule has 0 amide bonds. The van der Waals surface area contributed by atoms with Gasteiger partial charge < -0.3 is 14.2 Å². The lowest BCUT2D eigenvalue weighted by atomic mass is 9.44. The van der Waals surface area contributed by atoms with Gasteiger partial charge in [-0.2, -0.15) is 0 Å². The van der Waals surface area contributed by atoms with Crippen LogP contribution in [0.5, 0.6) is 5.75 Å². The Bertz CT molecular complexity index is 1660. The summed E-state index contributed by atoms with van der Waals surface area (Å²) in [5, 5.41) is 4.50. The number of aromatic nitrogens is 1. The minimum Gasteiger partial charge on any atom is -0.483 e. The second kappa shape index (κ2) is 5.78. The second-order valence-corrected chi connectivity index (χ2v) is 12.4. The van der Waals surface area contributed by atoms with Gasteiger partial charge in [-0.1, -0.05) is 37.3 Å². The molecule has 0 unspecified atom stereocenters. The first-order valence-corrected chi connectivity index (χ1v) is 13.5. The monoisotopic (exact) mass is 460 g/mol. The lowest BCUT2D eigenvalue weighted by Gasteiger charge is -2.64. The maximum absolute atomic E-state index is 7.19. The molecule has 3 heteroatoms. The van der Waals surface area contributed by atoms with Gasteiger partial charge in [0, 0.05) is 35.0 Å². The molecule has 35 heavy (non-hydrogen) atoms. The molecule has 2 aliphatic heterocycles. The van der Waals surface area contributed by atoms with Crippen LogP contribution < -0.4 is 4.74 Å². The Hall–Kier alpha value is -2.78. The van der Waals surface area contributed by atoms with Crippen molar-refractivity contribution in [2.75, 3.05) is 13.6 Å². The number of hydrogen-bond donors (Lipinski definition) is 0. The van der Waals surface area contributed by atoms with Crippen molar-refractivity contribution in [3.63, 3.8) is 0 Å². The highest BCUT2D eigenvalue weighted by Crippen LogP contribution is 2.71. The van der Waals surface area contributed by atoms with Gasteiger partial charge in [-0.25, -0.2) is 0 Å². The van der Waals surface area contributed by atoms with E-state index in [2.05, 4.69) is 73.8 Å². The van der Waals surface area contributed by atoms with Gasteiger partial charge in [-0.3, -0.25) is 0 Å². The Morgan fingerprint density at radius 1 is 1.00 bits per heavy atom. The molecule has 9 rings (SSSR count). The Balaban J connectivity index is 1.44. The molecule has 1 fully saturated rings. The smallest absolute Gasteiger partial charge is 0.149 e.